The molecule has 5 heteroatoms. The van der Waals surface area contributed by atoms with Gasteiger partial charge in [-0.2, -0.15) is 0 Å². The Morgan fingerprint density at radius 3 is 2.76 bits per heavy atom. The summed E-state index contributed by atoms with van der Waals surface area (Å²) >= 11 is 6.05. The zero-order valence-corrected chi connectivity index (χ0v) is 11.6. The summed E-state index contributed by atoms with van der Waals surface area (Å²) in [6.07, 6.45) is 6.54. The standard InChI is InChI=1S/C16H10ClNO3/c17-13-8-2-1-7-12(13)15-18-14(16(19)21-15)9-3-5-11-6-4-10-20-11/h1-10H/b5-3+,14-9-. The van der Waals surface area contributed by atoms with Gasteiger partial charge in [-0.05, 0) is 36.4 Å². The number of carbonyl (C=O) groups is 1. The first kappa shape index (κ1) is 13.4. The third-order valence-corrected chi connectivity index (χ3v) is 3.11. The highest BCUT2D eigenvalue weighted by Gasteiger charge is 2.24. The number of halogens is 1. The number of rotatable bonds is 3. The average Bonchev–Trinajstić information content (AvgIpc) is 3.10. The van der Waals surface area contributed by atoms with E-state index in [-0.39, 0.29) is 11.6 Å². The summed E-state index contributed by atoms with van der Waals surface area (Å²) in [5.41, 5.74) is 0.804. The predicted octanol–water partition coefficient (Wildman–Crippen LogP) is 3.83. The second kappa shape index (κ2) is 5.81. The van der Waals surface area contributed by atoms with Crippen molar-refractivity contribution in [1.82, 2.24) is 0 Å². The Balaban J connectivity index is 1.84. The van der Waals surface area contributed by atoms with Gasteiger partial charge in [0.15, 0.2) is 5.70 Å². The highest BCUT2D eigenvalue weighted by molar-refractivity contribution is 6.34. The molecule has 0 radical (unpaired) electrons. The zero-order valence-electron chi connectivity index (χ0n) is 10.8. The number of nitrogens with zero attached hydrogens (tertiary/aromatic N) is 1. The molecule has 0 amide bonds. The van der Waals surface area contributed by atoms with Gasteiger partial charge in [0, 0.05) is 0 Å². The number of esters is 1. The number of benzene rings is 1. The second-order valence-corrected chi connectivity index (χ2v) is 4.62. The lowest BCUT2D eigenvalue weighted by atomic mass is 10.2. The van der Waals surface area contributed by atoms with E-state index in [1.807, 2.05) is 0 Å². The van der Waals surface area contributed by atoms with E-state index in [4.69, 9.17) is 20.8 Å². The monoisotopic (exact) mass is 299 g/mol. The predicted molar refractivity (Wildman–Crippen MR) is 79.9 cm³/mol. The maximum absolute atomic E-state index is 11.8. The van der Waals surface area contributed by atoms with Crippen molar-refractivity contribution in [2.45, 2.75) is 0 Å². The van der Waals surface area contributed by atoms with Crippen molar-refractivity contribution in [2.75, 3.05) is 0 Å². The summed E-state index contributed by atoms with van der Waals surface area (Å²) in [7, 11) is 0. The number of carbonyl (C=O) groups excluding carboxylic acids is 1. The molecule has 3 rings (SSSR count). The molecular formula is C16H10ClNO3. The van der Waals surface area contributed by atoms with Gasteiger partial charge in [-0.25, -0.2) is 9.79 Å². The van der Waals surface area contributed by atoms with Crippen molar-refractivity contribution < 1.29 is 13.9 Å². The summed E-state index contributed by atoms with van der Waals surface area (Å²) in [4.78, 5) is 15.9. The van der Waals surface area contributed by atoms with Crippen LogP contribution in [0.5, 0.6) is 0 Å². The van der Waals surface area contributed by atoms with Crippen LogP contribution in [0.1, 0.15) is 11.3 Å². The summed E-state index contributed by atoms with van der Waals surface area (Å²) < 4.78 is 10.3. The molecule has 104 valence electrons. The molecule has 4 nitrogen and oxygen atoms in total. The molecule has 1 aliphatic rings. The van der Waals surface area contributed by atoms with Gasteiger partial charge in [-0.1, -0.05) is 29.8 Å². The van der Waals surface area contributed by atoms with Crippen LogP contribution in [0, 0.1) is 0 Å². The smallest absolute Gasteiger partial charge is 0.363 e. The minimum atomic E-state index is -0.506. The first-order chi connectivity index (χ1) is 10.2. The lowest BCUT2D eigenvalue weighted by molar-refractivity contribution is -0.130. The summed E-state index contributed by atoms with van der Waals surface area (Å²) in [5.74, 6) is 0.394. The highest BCUT2D eigenvalue weighted by Crippen LogP contribution is 2.22. The molecule has 0 bridgehead atoms. The quantitative estimate of drug-likeness (QED) is 0.639. The maximum Gasteiger partial charge on any atom is 0.363 e. The highest BCUT2D eigenvalue weighted by atomic mass is 35.5. The number of cyclic esters (lactones) is 1. The third kappa shape index (κ3) is 2.95. The maximum atomic E-state index is 11.8. The van der Waals surface area contributed by atoms with Gasteiger partial charge in [0.1, 0.15) is 5.76 Å². The van der Waals surface area contributed by atoms with Crippen LogP contribution in [0.25, 0.3) is 6.08 Å². The van der Waals surface area contributed by atoms with E-state index in [1.165, 1.54) is 0 Å². The Morgan fingerprint density at radius 1 is 1.14 bits per heavy atom. The van der Waals surface area contributed by atoms with Crippen LogP contribution in [-0.4, -0.2) is 11.9 Å². The Labute approximate surface area is 126 Å². The number of furan rings is 1. The summed E-state index contributed by atoms with van der Waals surface area (Å²) in [5, 5.41) is 0.483. The van der Waals surface area contributed by atoms with Gasteiger partial charge >= 0.3 is 5.97 Å². The topological polar surface area (TPSA) is 51.8 Å². The van der Waals surface area contributed by atoms with Crippen LogP contribution in [0.15, 0.2) is 69.9 Å². The van der Waals surface area contributed by atoms with Crippen LogP contribution in [0.2, 0.25) is 5.02 Å². The minimum Gasteiger partial charge on any atom is -0.465 e. The molecule has 0 unspecified atom stereocenters. The Hall–Kier alpha value is -2.59. The molecule has 0 saturated heterocycles. The van der Waals surface area contributed by atoms with Gasteiger partial charge in [-0.3, -0.25) is 0 Å². The molecule has 0 atom stereocenters. The Kier molecular flexibility index (Phi) is 3.71. The van der Waals surface area contributed by atoms with Crippen molar-refractivity contribution in [1.29, 1.82) is 0 Å². The molecule has 0 saturated carbocycles. The number of allylic oxidation sites excluding steroid dienone is 2. The average molecular weight is 300 g/mol. The zero-order chi connectivity index (χ0) is 14.7. The van der Waals surface area contributed by atoms with E-state index < -0.39 is 5.97 Å². The van der Waals surface area contributed by atoms with Crippen LogP contribution < -0.4 is 0 Å². The number of hydrogen-bond donors (Lipinski definition) is 0. The number of aliphatic imine (C=N–C) groups is 1. The van der Waals surface area contributed by atoms with Gasteiger partial charge in [-0.15, -0.1) is 0 Å². The fourth-order valence-corrected chi connectivity index (χ4v) is 2.01. The fourth-order valence-electron chi connectivity index (χ4n) is 1.79. The van der Waals surface area contributed by atoms with E-state index >= 15 is 0 Å². The molecule has 1 aromatic heterocycles. The largest absolute Gasteiger partial charge is 0.465 e. The van der Waals surface area contributed by atoms with Gasteiger partial charge in [0.05, 0.1) is 16.8 Å². The van der Waals surface area contributed by atoms with Crippen molar-refractivity contribution in [3.05, 3.63) is 76.9 Å². The molecule has 2 heterocycles. The third-order valence-electron chi connectivity index (χ3n) is 2.78. The molecule has 2 aromatic rings. The molecule has 0 N–H and O–H groups in total. The molecular weight excluding hydrogens is 290 g/mol. The van der Waals surface area contributed by atoms with Crippen LogP contribution in [0.4, 0.5) is 0 Å². The lowest BCUT2D eigenvalue weighted by Crippen LogP contribution is -2.05. The molecule has 1 aromatic carbocycles. The van der Waals surface area contributed by atoms with E-state index in [1.54, 1.807) is 60.9 Å². The molecule has 0 aliphatic carbocycles. The normalized spacial score (nSPS) is 16.5. The lowest BCUT2D eigenvalue weighted by Gasteiger charge is -2.00. The Morgan fingerprint density at radius 2 is 2.00 bits per heavy atom. The molecule has 1 aliphatic heterocycles. The molecule has 0 spiro atoms. The molecule has 21 heavy (non-hydrogen) atoms. The van der Waals surface area contributed by atoms with E-state index in [2.05, 4.69) is 4.99 Å². The van der Waals surface area contributed by atoms with Crippen molar-refractivity contribution >= 4 is 29.5 Å². The van der Waals surface area contributed by atoms with Crippen molar-refractivity contribution in [3.8, 4) is 0 Å². The second-order valence-electron chi connectivity index (χ2n) is 4.21. The SMILES string of the molecule is O=C1OC(c2ccccc2Cl)=N/C1=C\C=C\c1ccco1. The van der Waals surface area contributed by atoms with E-state index in [0.29, 0.717) is 16.3 Å². The first-order valence-electron chi connectivity index (χ1n) is 6.22. The van der Waals surface area contributed by atoms with Crippen LogP contribution in [0.3, 0.4) is 0 Å². The van der Waals surface area contributed by atoms with Gasteiger partial charge in [0.2, 0.25) is 5.90 Å². The van der Waals surface area contributed by atoms with Crippen molar-refractivity contribution in [3.63, 3.8) is 0 Å². The first-order valence-corrected chi connectivity index (χ1v) is 6.59. The minimum absolute atomic E-state index is 0.211. The number of hydrogen-bond acceptors (Lipinski definition) is 4. The van der Waals surface area contributed by atoms with E-state index in [9.17, 15) is 4.79 Å². The van der Waals surface area contributed by atoms with Gasteiger partial charge in [0.25, 0.3) is 0 Å². The summed E-state index contributed by atoms with van der Waals surface area (Å²) in [6, 6.07) is 10.6. The number of ether oxygens (including phenoxy) is 1. The molecule has 0 fully saturated rings. The van der Waals surface area contributed by atoms with Crippen molar-refractivity contribution in [2.24, 2.45) is 4.99 Å². The van der Waals surface area contributed by atoms with Crippen LogP contribution in [-0.2, 0) is 9.53 Å². The fraction of sp³-hybridized carbons (Fsp3) is 0. The van der Waals surface area contributed by atoms with Crippen LogP contribution >= 0.6 is 11.6 Å². The van der Waals surface area contributed by atoms with Gasteiger partial charge < -0.3 is 9.15 Å². The summed E-state index contributed by atoms with van der Waals surface area (Å²) in [6.45, 7) is 0. The van der Waals surface area contributed by atoms with E-state index in [0.717, 1.165) is 0 Å². The Bertz CT molecular complexity index is 758.